The Hall–Kier alpha value is -2.05. The third-order valence-electron chi connectivity index (χ3n) is 5.68. The molecule has 6 heteroatoms. The van der Waals surface area contributed by atoms with Gasteiger partial charge in [-0.05, 0) is 42.7 Å². The van der Waals surface area contributed by atoms with E-state index in [1.807, 2.05) is 12.1 Å². The quantitative estimate of drug-likeness (QED) is 0.197. The highest BCUT2D eigenvalue weighted by molar-refractivity contribution is 7.86. The zero-order valence-electron chi connectivity index (χ0n) is 19.3. The van der Waals surface area contributed by atoms with Gasteiger partial charge in [-0.1, -0.05) is 89.7 Å². The molecule has 5 nitrogen and oxygen atoms in total. The second-order valence-electron chi connectivity index (χ2n) is 8.49. The zero-order chi connectivity index (χ0) is 23.2. The predicted octanol–water partition coefficient (Wildman–Crippen LogP) is 7.67. The van der Waals surface area contributed by atoms with Crippen LogP contribution in [-0.4, -0.2) is 18.1 Å². The lowest BCUT2D eigenvalue weighted by Crippen LogP contribution is -2.01. The van der Waals surface area contributed by atoms with E-state index in [1.165, 1.54) is 88.3 Å². The molecule has 0 heterocycles. The molecule has 0 aliphatic rings. The largest absolute Gasteiger partial charge is 0.508 e. The average Bonchev–Trinajstić information content (AvgIpc) is 2.76. The smallest absolute Gasteiger partial charge is 0.298 e. The lowest BCUT2D eigenvalue weighted by atomic mass is 10.0. The highest BCUT2D eigenvalue weighted by Gasteiger charge is 2.18. The first kappa shape index (κ1) is 26.2. The summed E-state index contributed by atoms with van der Waals surface area (Å²) < 4.78 is 38.0. The van der Waals surface area contributed by atoms with Crippen LogP contribution < -0.4 is 4.74 Å². The number of aryl methyl sites for hydroxylation is 1. The van der Waals surface area contributed by atoms with E-state index in [1.54, 1.807) is 12.1 Å². The Morgan fingerprint density at radius 2 is 1.28 bits per heavy atom. The van der Waals surface area contributed by atoms with Gasteiger partial charge in [-0.2, -0.15) is 8.42 Å². The van der Waals surface area contributed by atoms with Crippen LogP contribution in [-0.2, 0) is 16.5 Å². The second kappa shape index (κ2) is 14.2. The molecule has 0 unspecified atom stereocenters. The van der Waals surface area contributed by atoms with Crippen molar-refractivity contribution in [1.82, 2.24) is 0 Å². The van der Waals surface area contributed by atoms with Gasteiger partial charge in [-0.15, -0.1) is 0 Å². The molecule has 32 heavy (non-hydrogen) atoms. The van der Waals surface area contributed by atoms with Crippen LogP contribution in [0.1, 0.15) is 89.5 Å². The van der Waals surface area contributed by atoms with Gasteiger partial charge in [-0.25, -0.2) is 0 Å². The molecule has 2 rings (SSSR count). The lowest BCUT2D eigenvalue weighted by molar-refractivity contribution is 0.439. The summed E-state index contributed by atoms with van der Waals surface area (Å²) in [4.78, 5) is -0.460. The zero-order valence-corrected chi connectivity index (χ0v) is 20.1. The molecule has 0 atom stereocenters. The summed E-state index contributed by atoms with van der Waals surface area (Å²) in [6, 6.07) is 11.1. The molecule has 0 radical (unpaired) electrons. The summed E-state index contributed by atoms with van der Waals surface area (Å²) in [7, 11) is -4.50. The normalized spacial score (nSPS) is 11.6. The fraction of sp³-hybridized carbons (Fsp3) is 0.538. The van der Waals surface area contributed by atoms with Crippen LogP contribution in [0.25, 0.3) is 0 Å². The predicted molar refractivity (Wildman–Crippen MR) is 129 cm³/mol. The van der Waals surface area contributed by atoms with Gasteiger partial charge in [0.15, 0.2) is 0 Å². The van der Waals surface area contributed by atoms with Crippen molar-refractivity contribution in [1.29, 1.82) is 0 Å². The van der Waals surface area contributed by atoms with Crippen molar-refractivity contribution in [3.8, 4) is 17.2 Å². The maximum atomic E-state index is 11.5. The molecule has 0 saturated carbocycles. The molecular weight excluding hydrogens is 424 g/mol. The van der Waals surface area contributed by atoms with Gasteiger partial charge in [0, 0.05) is 6.07 Å². The molecular formula is C26H38O5S. The third-order valence-corrected chi connectivity index (χ3v) is 6.55. The van der Waals surface area contributed by atoms with Gasteiger partial charge in [-0.3, -0.25) is 4.55 Å². The summed E-state index contributed by atoms with van der Waals surface area (Å²) in [6.07, 6.45) is 17.0. The van der Waals surface area contributed by atoms with E-state index in [-0.39, 0.29) is 11.5 Å². The van der Waals surface area contributed by atoms with Crippen LogP contribution in [0.15, 0.2) is 47.4 Å². The van der Waals surface area contributed by atoms with Gasteiger partial charge >= 0.3 is 0 Å². The lowest BCUT2D eigenvalue weighted by Gasteiger charge is -2.10. The van der Waals surface area contributed by atoms with Crippen LogP contribution >= 0.6 is 0 Å². The highest BCUT2D eigenvalue weighted by atomic mass is 32.2. The molecule has 0 bridgehead atoms. The van der Waals surface area contributed by atoms with E-state index in [2.05, 4.69) is 6.92 Å². The van der Waals surface area contributed by atoms with E-state index < -0.39 is 15.0 Å². The van der Waals surface area contributed by atoms with E-state index >= 15 is 0 Å². The van der Waals surface area contributed by atoms with Crippen molar-refractivity contribution in [2.24, 2.45) is 0 Å². The highest BCUT2D eigenvalue weighted by Crippen LogP contribution is 2.31. The summed E-state index contributed by atoms with van der Waals surface area (Å²) in [5.41, 5.74) is 1.21. The van der Waals surface area contributed by atoms with Crippen molar-refractivity contribution in [3.05, 3.63) is 48.0 Å². The Balaban J connectivity index is 1.65. The minimum absolute atomic E-state index is 0.0287. The average molecular weight is 463 g/mol. The monoisotopic (exact) mass is 462 g/mol. The molecule has 0 aromatic heterocycles. The van der Waals surface area contributed by atoms with Crippen LogP contribution in [0.3, 0.4) is 0 Å². The maximum absolute atomic E-state index is 11.5. The Labute approximate surface area is 193 Å². The molecule has 0 aliphatic carbocycles. The molecule has 0 saturated heterocycles. The van der Waals surface area contributed by atoms with Gasteiger partial charge in [0.1, 0.15) is 22.1 Å². The number of phenols is 1. The number of unbranched alkanes of at least 4 members (excludes halogenated alkanes) is 11. The number of ether oxygens (including phenoxy) is 1. The number of phenolic OH excluding ortho intramolecular Hbond substituents is 1. The van der Waals surface area contributed by atoms with Gasteiger partial charge in [0.2, 0.25) is 0 Å². The number of aromatic hydroxyl groups is 1. The van der Waals surface area contributed by atoms with Crippen LogP contribution in [0.4, 0.5) is 0 Å². The van der Waals surface area contributed by atoms with E-state index in [9.17, 15) is 18.1 Å². The van der Waals surface area contributed by atoms with Crippen molar-refractivity contribution in [3.63, 3.8) is 0 Å². The number of hydrogen-bond acceptors (Lipinski definition) is 4. The van der Waals surface area contributed by atoms with Crippen molar-refractivity contribution < 1.29 is 22.8 Å². The van der Waals surface area contributed by atoms with E-state index in [4.69, 9.17) is 4.74 Å². The van der Waals surface area contributed by atoms with Gasteiger partial charge in [0.25, 0.3) is 10.1 Å². The van der Waals surface area contributed by atoms with Crippen molar-refractivity contribution in [2.45, 2.75) is 95.3 Å². The number of rotatable bonds is 16. The van der Waals surface area contributed by atoms with Crippen LogP contribution in [0, 0.1) is 0 Å². The molecule has 2 aromatic carbocycles. The maximum Gasteiger partial charge on any atom is 0.298 e. The Bertz CT molecular complexity index is 891. The van der Waals surface area contributed by atoms with Gasteiger partial charge in [0.05, 0.1) is 0 Å². The number of benzene rings is 2. The third kappa shape index (κ3) is 10.0. The summed E-state index contributed by atoms with van der Waals surface area (Å²) in [5, 5.41) is 9.48. The van der Waals surface area contributed by atoms with E-state index in [0.29, 0.717) is 5.75 Å². The van der Waals surface area contributed by atoms with Crippen molar-refractivity contribution in [2.75, 3.05) is 0 Å². The summed E-state index contributed by atoms with van der Waals surface area (Å²) >= 11 is 0. The summed E-state index contributed by atoms with van der Waals surface area (Å²) in [6.45, 7) is 2.26. The fourth-order valence-corrected chi connectivity index (χ4v) is 4.44. The van der Waals surface area contributed by atoms with Crippen LogP contribution in [0.5, 0.6) is 17.2 Å². The Kier molecular flexibility index (Phi) is 11.6. The first-order valence-electron chi connectivity index (χ1n) is 12.0. The Morgan fingerprint density at radius 3 is 1.81 bits per heavy atom. The Morgan fingerprint density at radius 1 is 0.750 bits per heavy atom. The molecule has 0 spiro atoms. The topological polar surface area (TPSA) is 83.8 Å². The van der Waals surface area contributed by atoms with Gasteiger partial charge < -0.3 is 9.84 Å². The van der Waals surface area contributed by atoms with Crippen LogP contribution in [0.2, 0.25) is 0 Å². The summed E-state index contributed by atoms with van der Waals surface area (Å²) in [5.74, 6) is 0.181. The number of hydrogen-bond donors (Lipinski definition) is 2. The standard InChI is InChI=1S/C26H38O5S/c1-2-3-4-5-6-7-8-9-10-11-12-13-14-22-15-18-24(19-16-22)31-25-20-17-23(27)21-26(25)32(28,29)30/h15-21,27H,2-14H2,1H3,(H,28,29,30). The van der Waals surface area contributed by atoms with E-state index in [0.717, 1.165) is 18.9 Å². The first-order chi connectivity index (χ1) is 15.4. The molecule has 0 fully saturated rings. The first-order valence-corrected chi connectivity index (χ1v) is 13.4. The second-order valence-corrected chi connectivity index (χ2v) is 9.88. The SMILES string of the molecule is CCCCCCCCCCCCCCc1ccc(Oc2ccc(O)cc2S(=O)(=O)O)cc1. The fourth-order valence-electron chi connectivity index (χ4n) is 3.80. The molecule has 0 aliphatic heterocycles. The molecule has 0 amide bonds. The minimum atomic E-state index is -4.50. The molecule has 2 aromatic rings. The molecule has 2 N–H and O–H groups in total. The van der Waals surface area contributed by atoms with Crippen molar-refractivity contribution >= 4 is 10.1 Å². The minimum Gasteiger partial charge on any atom is -0.508 e. The molecule has 178 valence electrons.